The van der Waals surface area contributed by atoms with E-state index in [9.17, 15) is 4.79 Å². The second kappa shape index (κ2) is 7.00. The molecule has 2 N–H and O–H groups in total. The number of rotatable bonds is 5. The summed E-state index contributed by atoms with van der Waals surface area (Å²) < 4.78 is 0. The molecule has 1 unspecified atom stereocenters. The number of para-hydroxylation sites is 1. The van der Waals surface area contributed by atoms with Gasteiger partial charge in [0.05, 0.1) is 0 Å². The van der Waals surface area contributed by atoms with Crippen LogP contribution in [0, 0.1) is 21.7 Å². The van der Waals surface area contributed by atoms with Crippen LogP contribution in [0.25, 0.3) is 0 Å². The molecule has 4 aliphatic carbocycles. The van der Waals surface area contributed by atoms with E-state index in [1.165, 1.54) is 19.3 Å². The molecule has 4 fully saturated rings. The van der Waals surface area contributed by atoms with Crippen LogP contribution >= 0.6 is 11.6 Å². The van der Waals surface area contributed by atoms with Crippen LogP contribution < -0.4 is 10.6 Å². The second-order valence-electron chi connectivity index (χ2n) is 11.8. The fourth-order valence-corrected chi connectivity index (χ4v) is 8.75. The van der Waals surface area contributed by atoms with E-state index in [1.54, 1.807) is 0 Å². The molecule has 6 rings (SSSR count). The van der Waals surface area contributed by atoms with Crippen molar-refractivity contribution >= 4 is 34.6 Å². The van der Waals surface area contributed by atoms with Gasteiger partial charge in [0.1, 0.15) is 5.38 Å². The monoisotopic (exact) mass is 436 g/mol. The summed E-state index contributed by atoms with van der Waals surface area (Å²) >= 11 is 7.00. The first-order chi connectivity index (χ1) is 14.6. The first kappa shape index (κ1) is 20.9. The summed E-state index contributed by atoms with van der Waals surface area (Å²) in [5.41, 5.74) is 3.68. The van der Waals surface area contributed by atoms with Gasteiger partial charge in [0.2, 0.25) is 5.91 Å². The maximum absolute atomic E-state index is 13.3. The molecule has 0 spiro atoms. The van der Waals surface area contributed by atoms with Crippen molar-refractivity contribution in [1.29, 1.82) is 0 Å². The van der Waals surface area contributed by atoms with Crippen molar-refractivity contribution in [3.63, 3.8) is 0 Å². The number of halogens is 1. The molecule has 1 amide bonds. The van der Waals surface area contributed by atoms with Crippen LogP contribution in [-0.4, -0.2) is 11.3 Å². The number of benzene rings is 2. The van der Waals surface area contributed by atoms with Crippen LogP contribution in [0.4, 0.5) is 17.1 Å². The van der Waals surface area contributed by atoms with Crippen LogP contribution in [0.15, 0.2) is 54.6 Å². The standard InChI is InChI=1S/C27H33ClN2O/c1-24-13-25(2)15-26(3,14-24)18-27(16-24,17-25)22(28)23(31)30-21-11-9-20(10-12-21)29-19-7-5-4-6-8-19/h4-12,22,29H,13-18H2,1-3H3,(H,30,31). The third-order valence-corrected chi connectivity index (χ3v) is 8.54. The van der Waals surface area contributed by atoms with Crippen molar-refractivity contribution in [3.8, 4) is 0 Å². The lowest BCUT2D eigenvalue weighted by Gasteiger charge is -2.69. The zero-order valence-corrected chi connectivity index (χ0v) is 19.6. The van der Waals surface area contributed by atoms with E-state index in [-0.39, 0.29) is 11.3 Å². The van der Waals surface area contributed by atoms with Gasteiger partial charge in [-0.2, -0.15) is 0 Å². The van der Waals surface area contributed by atoms with E-state index in [0.29, 0.717) is 16.2 Å². The van der Waals surface area contributed by atoms with Crippen LogP contribution in [0.2, 0.25) is 0 Å². The number of alkyl halides is 1. The molecular formula is C27H33ClN2O. The van der Waals surface area contributed by atoms with Crippen molar-refractivity contribution in [3.05, 3.63) is 54.6 Å². The van der Waals surface area contributed by atoms with Gasteiger partial charge < -0.3 is 10.6 Å². The zero-order valence-electron chi connectivity index (χ0n) is 18.8. The highest BCUT2D eigenvalue weighted by molar-refractivity contribution is 6.33. The molecular weight excluding hydrogens is 404 g/mol. The van der Waals surface area contributed by atoms with Gasteiger partial charge in [0.25, 0.3) is 0 Å². The Balaban J connectivity index is 1.30. The highest BCUT2D eigenvalue weighted by atomic mass is 35.5. The van der Waals surface area contributed by atoms with Crippen LogP contribution in [-0.2, 0) is 4.79 Å². The molecule has 1 atom stereocenters. The first-order valence-corrected chi connectivity index (χ1v) is 11.9. The largest absolute Gasteiger partial charge is 0.356 e. The maximum Gasteiger partial charge on any atom is 0.243 e. The molecule has 0 heterocycles. The SMILES string of the molecule is CC12CC3(C)CC(C)(C1)CC(C(Cl)C(=O)Nc1ccc(Nc4ccccc4)cc1)(C2)C3. The quantitative estimate of drug-likeness (QED) is 0.480. The second-order valence-corrected chi connectivity index (χ2v) is 12.2. The third-order valence-electron chi connectivity index (χ3n) is 7.88. The lowest BCUT2D eigenvalue weighted by molar-refractivity contribution is -0.184. The Bertz CT molecular complexity index is 933. The molecule has 0 aliphatic heterocycles. The lowest BCUT2D eigenvalue weighted by atomic mass is 9.36. The van der Waals surface area contributed by atoms with Crippen molar-refractivity contribution in [2.75, 3.05) is 10.6 Å². The Labute approximate surface area is 191 Å². The molecule has 4 aliphatic rings. The first-order valence-electron chi connectivity index (χ1n) is 11.5. The van der Waals surface area contributed by atoms with E-state index in [4.69, 9.17) is 11.6 Å². The number of carbonyl (C=O) groups is 1. The molecule has 2 aromatic rings. The average Bonchev–Trinajstić information content (AvgIpc) is 2.66. The Morgan fingerprint density at radius 1 is 0.742 bits per heavy atom. The average molecular weight is 437 g/mol. The minimum absolute atomic E-state index is 0.0526. The Morgan fingerprint density at radius 3 is 1.71 bits per heavy atom. The van der Waals surface area contributed by atoms with Crippen molar-refractivity contribution < 1.29 is 4.79 Å². The fraction of sp³-hybridized carbons (Fsp3) is 0.519. The lowest BCUT2D eigenvalue weighted by Crippen LogP contribution is -2.62. The number of anilines is 3. The minimum atomic E-state index is -0.492. The summed E-state index contributed by atoms with van der Waals surface area (Å²) in [6.07, 6.45) is 7.06. The van der Waals surface area contributed by atoms with Gasteiger partial charge in [-0.05, 0) is 96.6 Å². The van der Waals surface area contributed by atoms with Gasteiger partial charge in [-0.15, -0.1) is 11.6 Å². The molecule has 0 radical (unpaired) electrons. The summed E-state index contributed by atoms with van der Waals surface area (Å²) in [5, 5.41) is 5.97. The minimum Gasteiger partial charge on any atom is -0.356 e. The molecule has 164 valence electrons. The Morgan fingerprint density at radius 2 is 1.19 bits per heavy atom. The summed E-state index contributed by atoms with van der Waals surface area (Å²) in [6, 6.07) is 17.9. The maximum atomic E-state index is 13.3. The molecule has 4 bridgehead atoms. The van der Waals surface area contributed by atoms with E-state index >= 15 is 0 Å². The summed E-state index contributed by atoms with van der Waals surface area (Å²) in [7, 11) is 0. The third kappa shape index (κ3) is 3.86. The predicted molar refractivity (Wildman–Crippen MR) is 129 cm³/mol. The highest BCUT2D eigenvalue weighted by Gasteiger charge is 2.66. The van der Waals surface area contributed by atoms with Crippen LogP contribution in [0.5, 0.6) is 0 Å². The van der Waals surface area contributed by atoms with Crippen LogP contribution in [0.1, 0.15) is 59.3 Å². The topological polar surface area (TPSA) is 41.1 Å². The zero-order chi connectivity index (χ0) is 21.9. The summed E-state index contributed by atoms with van der Waals surface area (Å²) in [6.45, 7) is 7.28. The Hall–Kier alpha value is -2.00. The van der Waals surface area contributed by atoms with Gasteiger partial charge in [-0.3, -0.25) is 4.79 Å². The number of hydrogen-bond acceptors (Lipinski definition) is 2. The van der Waals surface area contributed by atoms with Gasteiger partial charge in [0.15, 0.2) is 0 Å². The number of hydrogen-bond donors (Lipinski definition) is 2. The van der Waals surface area contributed by atoms with Crippen molar-refractivity contribution in [2.45, 2.75) is 64.7 Å². The highest BCUT2D eigenvalue weighted by Crippen LogP contribution is 2.74. The summed E-state index contributed by atoms with van der Waals surface area (Å²) in [4.78, 5) is 13.3. The van der Waals surface area contributed by atoms with Gasteiger partial charge in [-0.1, -0.05) is 39.0 Å². The van der Waals surface area contributed by atoms with Crippen molar-refractivity contribution in [1.82, 2.24) is 0 Å². The van der Waals surface area contributed by atoms with Crippen molar-refractivity contribution in [2.24, 2.45) is 21.7 Å². The smallest absolute Gasteiger partial charge is 0.243 e. The number of carbonyl (C=O) groups excluding carboxylic acids is 1. The normalized spacial score (nSPS) is 36.8. The predicted octanol–water partition coefficient (Wildman–Crippen LogP) is 7.36. The molecule has 0 saturated heterocycles. The molecule has 0 aromatic heterocycles. The van der Waals surface area contributed by atoms with Gasteiger partial charge in [0, 0.05) is 17.1 Å². The summed E-state index contributed by atoms with van der Waals surface area (Å²) in [5.74, 6) is -0.0526. The molecule has 31 heavy (non-hydrogen) atoms. The van der Waals surface area contributed by atoms with Gasteiger partial charge >= 0.3 is 0 Å². The molecule has 3 nitrogen and oxygen atoms in total. The van der Waals surface area contributed by atoms with Gasteiger partial charge in [-0.25, -0.2) is 0 Å². The van der Waals surface area contributed by atoms with E-state index in [0.717, 1.165) is 36.3 Å². The Kier molecular flexibility index (Phi) is 4.71. The number of nitrogens with one attached hydrogen (secondary N) is 2. The van der Waals surface area contributed by atoms with E-state index < -0.39 is 5.38 Å². The fourth-order valence-electron chi connectivity index (χ4n) is 8.47. The number of amides is 1. The van der Waals surface area contributed by atoms with E-state index in [2.05, 4.69) is 31.4 Å². The molecule has 2 aromatic carbocycles. The molecule has 4 heteroatoms. The van der Waals surface area contributed by atoms with Crippen LogP contribution in [0.3, 0.4) is 0 Å². The van der Waals surface area contributed by atoms with E-state index in [1.807, 2.05) is 54.6 Å². The molecule has 4 saturated carbocycles.